The number of hydrogen-bond donors (Lipinski definition) is 4. The third-order valence-corrected chi connectivity index (χ3v) is 3.72. The van der Waals surface area contributed by atoms with E-state index in [1.54, 1.807) is 18.2 Å². The van der Waals surface area contributed by atoms with Crippen LogP contribution in [0.1, 0.15) is 33.6 Å². The molecule has 2 aromatic rings. The topological polar surface area (TPSA) is 125 Å². The second-order valence-electron chi connectivity index (χ2n) is 5.64. The molecule has 8 nitrogen and oxygen atoms in total. The standard InChI is InChI=1S/C19H20N2O6/c1-27-12-8-9-14(16(22)11-12)19(26)21-15-6-3-2-5-13(15)18(25)20-10-4-7-17(23)24/h2-3,5-6,8-9,11,22H,4,7,10H2,1H3,(H,20,25)(H,21,26)(H,23,24). The normalized spacial score (nSPS) is 10.1. The van der Waals surface area contributed by atoms with Crippen LogP contribution in [0.15, 0.2) is 42.5 Å². The zero-order valence-corrected chi connectivity index (χ0v) is 14.7. The van der Waals surface area contributed by atoms with Gasteiger partial charge in [-0.05, 0) is 30.7 Å². The summed E-state index contributed by atoms with van der Waals surface area (Å²) in [7, 11) is 1.44. The molecule has 0 heterocycles. The predicted molar refractivity (Wildman–Crippen MR) is 98.3 cm³/mol. The molecular weight excluding hydrogens is 352 g/mol. The summed E-state index contributed by atoms with van der Waals surface area (Å²) in [6.45, 7) is 0.201. The maximum Gasteiger partial charge on any atom is 0.303 e. The number of carbonyl (C=O) groups is 3. The molecule has 0 saturated carbocycles. The van der Waals surface area contributed by atoms with E-state index in [4.69, 9.17) is 9.84 Å². The smallest absolute Gasteiger partial charge is 0.303 e. The number of carbonyl (C=O) groups excluding carboxylic acids is 2. The Labute approximate surface area is 155 Å². The van der Waals surface area contributed by atoms with E-state index in [1.165, 1.54) is 31.4 Å². The highest BCUT2D eigenvalue weighted by Crippen LogP contribution is 2.25. The summed E-state index contributed by atoms with van der Waals surface area (Å²) in [4.78, 5) is 35.2. The first-order valence-corrected chi connectivity index (χ1v) is 8.19. The van der Waals surface area contributed by atoms with Crippen LogP contribution in [0.25, 0.3) is 0 Å². The SMILES string of the molecule is COc1ccc(C(=O)Nc2ccccc2C(=O)NCCCC(=O)O)c(O)c1. The molecule has 8 heteroatoms. The molecule has 0 aliphatic carbocycles. The first kappa shape index (κ1) is 19.8. The fraction of sp³-hybridized carbons (Fsp3) is 0.211. The Kier molecular flexibility index (Phi) is 6.76. The number of carboxylic acids is 1. The second-order valence-corrected chi connectivity index (χ2v) is 5.64. The van der Waals surface area contributed by atoms with Crippen molar-refractivity contribution in [3.63, 3.8) is 0 Å². The molecule has 4 N–H and O–H groups in total. The van der Waals surface area contributed by atoms with Gasteiger partial charge in [-0.1, -0.05) is 12.1 Å². The number of methoxy groups -OCH3 is 1. The number of phenolic OH excluding ortho intramolecular Hbond substituents is 1. The van der Waals surface area contributed by atoms with Gasteiger partial charge in [0.2, 0.25) is 0 Å². The summed E-state index contributed by atoms with van der Waals surface area (Å²) in [5, 5.41) is 23.8. The number of aliphatic carboxylic acids is 1. The molecular formula is C19H20N2O6. The maximum atomic E-state index is 12.4. The zero-order valence-electron chi connectivity index (χ0n) is 14.7. The van der Waals surface area contributed by atoms with E-state index in [0.29, 0.717) is 12.2 Å². The lowest BCUT2D eigenvalue weighted by Gasteiger charge is -2.12. The number of nitrogens with one attached hydrogen (secondary N) is 2. The van der Waals surface area contributed by atoms with E-state index in [2.05, 4.69) is 10.6 Å². The van der Waals surface area contributed by atoms with E-state index >= 15 is 0 Å². The number of hydrogen-bond acceptors (Lipinski definition) is 5. The molecule has 27 heavy (non-hydrogen) atoms. The molecule has 0 aromatic heterocycles. The van der Waals surface area contributed by atoms with Crippen LogP contribution < -0.4 is 15.4 Å². The van der Waals surface area contributed by atoms with E-state index < -0.39 is 17.8 Å². The second kappa shape index (κ2) is 9.23. The molecule has 0 spiro atoms. The maximum absolute atomic E-state index is 12.4. The predicted octanol–water partition coefficient (Wildman–Crippen LogP) is 2.25. The summed E-state index contributed by atoms with van der Waals surface area (Å²) in [5.41, 5.74) is 0.537. The molecule has 142 valence electrons. The first-order valence-electron chi connectivity index (χ1n) is 8.19. The van der Waals surface area contributed by atoms with Gasteiger partial charge in [-0.25, -0.2) is 0 Å². The number of anilines is 1. The van der Waals surface area contributed by atoms with Gasteiger partial charge < -0.3 is 25.6 Å². The van der Waals surface area contributed by atoms with Gasteiger partial charge in [-0.2, -0.15) is 0 Å². The van der Waals surface area contributed by atoms with Crippen molar-refractivity contribution in [3.8, 4) is 11.5 Å². The molecule has 0 radical (unpaired) electrons. The van der Waals surface area contributed by atoms with Crippen molar-refractivity contribution < 1.29 is 29.3 Å². The molecule has 0 fully saturated rings. The van der Waals surface area contributed by atoms with Crippen molar-refractivity contribution in [2.75, 3.05) is 19.0 Å². The monoisotopic (exact) mass is 372 g/mol. The Bertz CT molecular complexity index is 850. The number of phenols is 1. The lowest BCUT2D eigenvalue weighted by Crippen LogP contribution is -2.26. The number of amides is 2. The summed E-state index contributed by atoms with van der Waals surface area (Å²) in [6.07, 6.45) is 0.255. The highest BCUT2D eigenvalue weighted by Gasteiger charge is 2.16. The molecule has 0 aliphatic heterocycles. The van der Waals surface area contributed by atoms with Gasteiger partial charge in [0.15, 0.2) is 0 Å². The summed E-state index contributed by atoms with van der Waals surface area (Å²) >= 11 is 0. The molecule has 0 aliphatic rings. The number of rotatable bonds is 8. The Balaban J connectivity index is 2.09. The minimum absolute atomic E-state index is 0.0347. The average molecular weight is 372 g/mol. The molecule has 0 saturated heterocycles. The van der Waals surface area contributed by atoms with Gasteiger partial charge in [0.25, 0.3) is 11.8 Å². The van der Waals surface area contributed by atoms with Crippen LogP contribution >= 0.6 is 0 Å². The minimum Gasteiger partial charge on any atom is -0.507 e. The number of aromatic hydroxyl groups is 1. The quantitative estimate of drug-likeness (QED) is 0.527. The largest absolute Gasteiger partial charge is 0.507 e. The fourth-order valence-electron chi connectivity index (χ4n) is 2.35. The van der Waals surface area contributed by atoms with Crippen molar-refractivity contribution in [1.29, 1.82) is 0 Å². The third kappa shape index (κ3) is 5.46. The van der Waals surface area contributed by atoms with Crippen molar-refractivity contribution >= 4 is 23.5 Å². The Morgan fingerprint density at radius 1 is 1.04 bits per heavy atom. The zero-order chi connectivity index (χ0) is 19.8. The summed E-state index contributed by atoms with van der Waals surface area (Å²) < 4.78 is 4.98. The molecule has 0 atom stereocenters. The number of benzene rings is 2. The van der Waals surface area contributed by atoms with Gasteiger partial charge >= 0.3 is 5.97 Å². The van der Waals surface area contributed by atoms with E-state index in [0.717, 1.165) is 0 Å². The summed E-state index contributed by atoms with van der Waals surface area (Å²) in [6, 6.07) is 10.7. The number of para-hydroxylation sites is 1. The molecule has 0 bridgehead atoms. The van der Waals surface area contributed by atoms with Crippen molar-refractivity contribution in [2.45, 2.75) is 12.8 Å². The molecule has 2 aromatic carbocycles. The van der Waals surface area contributed by atoms with Gasteiger partial charge in [0, 0.05) is 19.0 Å². The Hall–Kier alpha value is -3.55. The van der Waals surface area contributed by atoms with Crippen LogP contribution in [0.2, 0.25) is 0 Å². The third-order valence-electron chi connectivity index (χ3n) is 3.72. The van der Waals surface area contributed by atoms with E-state index in [1.807, 2.05) is 0 Å². The van der Waals surface area contributed by atoms with Crippen molar-refractivity contribution in [3.05, 3.63) is 53.6 Å². The Morgan fingerprint density at radius 2 is 1.78 bits per heavy atom. The van der Waals surface area contributed by atoms with Gasteiger partial charge in [0.05, 0.1) is 23.9 Å². The molecule has 0 unspecified atom stereocenters. The summed E-state index contributed by atoms with van der Waals surface area (Å²) in [5.74, 6) is -1.79. The van der Waals surface area contributed by atoms with Crippen molar-refractivity contribution in [2.24, 2.45) is 0 Å². The average Bonchev–Trinajstić information content (AvgIpc) is 2.65. The van der Waals surface area contributed by atoms with Gasteiger partial charge in [0.1, 0.15) is 11.5 Å². The lowest BCUT2D eigenvalue weighted by molar-refractivity contribution is -0.137. The highest BCUT2D eigenvalue weighted by atomic mass is 16.5. The van der Waals surface area contributed by atoms with Crippen LogP contribution in [0.4, 0.5) is 5.69 Å². The fourth-order valence-corrected chi connectivity index (χ4v) is 2.35. The van der Waals surface area contributed by atoms with Gasteiger partial charge in [-0.15, -0.1) is 0 Å². The minimum atomic E-state index is -0.934. The van der Waals surface area contributed by atoms with Crippen molar-refractivity contribution in [1.82, 2.24) is 5.32 Å². The van der Waals surface area contributed by atoms with Gasteiger partial charge in [-0.3, -0.25) is 14.4 Å². The molecule has 2 amide bonds. The highest BCUT2D eigenvalue weighted by molar-refractivity contribution is 6.10. The lowest BCUT2D eigenvalue weighted by atomic mass is 10.1. The number of carboxylic acid groups (broad SMARTS) is 1. The van der Waals surface area contributed by atoms with Crippen LogP contribution in [0, 0.1) is 0 Å². The first-order chi connectivity index (χ1) is 12.9. The Morgan fingerprint density at radius 3 is 2.44 bits per heavy atom. The van der Waals surface area contributed by atoms with Crippen LogP contribution in [0.5, 0.6) is 11.5 Å². The van der Waals surface area contributed by atoms with E-state index in [-0.39, 0.29) is 35.5 Å². The van der Waals surface area contributed by atoms with Crippen LogP contribution in [-0.4, -0.2) is 41.7 Å². The van der Waals surface area contributed by atoms with Crippen LogP contribution in [0.3, 0.4) is 0 Å². The number of ether oxygens (including phenoxy) is 1. The van der Waals surface area contributed by atoms with Crippen LogP contribution in [-0.2, 0) is 4.79 Å². The van der Waals surface area contributed by atoms with E-state index in [9.17, 15) is 19.5 Å². The molecule has 2 rings (SSSR count).